The summed E-state index contributed by atoms with van der Waals surface area (Å²) in [5.74, 6) is 0.192. The molecule has 0 bridgehead atoms. The number of hydrogen-bond acceptors (Lipinski definition) is 3. The van der Waals surface area contributed by atoms with E-state index in [2.05, 4.69) is 10.2 Å². The molecule has 4 nitrogen and oxygen atoms in total. The molecule has 1 amide bonds. The number of aromatic hydroxyl groups is 1. The van der Waals surface area contributed by atoms with Crippen LogP contribution < -0.4 is 5.32 Å². The lowest BCUT2D eigenvalue weighted by atomic mass is 9.97. The van der Waals surface area contributed by atoms with Gasteiger partial charge in [0.1, 0.15) is 5.75 Å². The third kappa shape index (κ3) is 2.66. The minimum Gasteiger partial charge on any atom is -0.508 e. The van der Waals surface area contributed by atoms with Gasteiger partial charge in [-0.15, -0.1) is 0 Å². The standard InChI is InChI=1S/C16H22N2O2/c1-11-9-14(19)4-5-15(11)16(20)17-12-6-8-18-7-2-3-13(18)10-12/h4-5,9,12-13,19H,2-3,6-8,10H2,1H3,(H,17,20). The van der Waals surface area contributed by atoms with Crippen LogP contribution in [0.5, 0.6) is 5.75 Å². The number of nitrogens with zero attached hydrogens (tertiary/aromatic N) is 1. The summed E-state index contributed by atoms with van der Waals surface area (Å²) in [6.07, 6.45) is 4.68. The van der Waals surface area contributed by atoms with Crippen LogP contribution in [0.25, 0.3) is 0 Å². The first kappa shape index (κ1) is 13.4. The van der Waals surface area contributed by atoms with Gasteiger partial charge in [0.05, 0.1) is 0 Å². The highest BCUT2D eigenvalue weighted by Gasteiger charge is 2.32. The molecule has 20 heavy (non-hydrogen) atoms. The number of carbonyl (C=O) groups excluding carboxylic acids is 1. The van der Waals surface area contributed by atoms with Crippen LogP contribution in [0.15, 0.2) is 18.2 Å². The highest BCUT2D eigenvalue weighted by atomic mass is 16.3. The summed E-state index contributed by atoms with van der Waals surface area (Å²) in [4.78, 5) is 14.9. The fourth-order valence-corrected chi connectivity index (χ4v) is 3.52. The van der Waals surface area contributed by atoms with Crippen LogP contribution in [0.1, 0.15) is 41.6 Å². The van der Waals surface area contributed by atoms with Crippen LogP contribution >= 0.6 is 0 Å². The first-order valence-electron chi connectivity index (χ1n) is 7.48. The van der Waals surface area contributed by atoms with Crippen molar-refractivity contribution in [1.29, 1.82) is 0 Å². The number of fused-ring (bicyclic) bond motifs is 1. The molecule has 0 radical (unpaired) electrons. The second-order valence-corrected chi connectivity index (χ2v) is 6.03. The molecule has 108 valence electrons. The highest BCUT2D eigenvalue weighted by Crippen LogP contribution is 2.27. The maximum absolute atomic E-state index is 12.3. The van der Waals surface area contributed by atoms with Gasteiger partial charge in [0.2, 0.25) is 0 Å². The van der Waals surface area contributed by atoms with E-state index in [0.29, 0.717) is 11.6 Å². The largest absolute Gasteiger partial charge is 0.508 e. The van der Waals surface area contributed by atoms with E-state index < -0.39 is 0 Å². The molecule has 3 rings (SSSR count). The number of benzene rings is 1. The molecule has 4 heteroatoms. The molecule has 1 aromatic carbocycles. The average Bonchev–Trinajstić information content (AvgIpc) is 2.85. The number of rotatable bonds is 2. The molecule has 0 saturated carbocycles. The highest BCUT2D eigenvalue weighted by molar-refractivity contribution is 5.96. The Labute approximate surface area is 119 Å². The molecule has 0 spiro atoms. The Kier molecular flexibility index (Phi) is 3.66. The summed E-state index contributed by atoms with van der Waals surface area (Å²) < 4.78 is 0. The quantitative estimate of drug-likeness (QED) is 0.868. The lowest BCUT2D eigenvalue weighted by Gasteiger charge is -2.35. The summed E-state index contributed by atoms with van der Waals surface area (Å²) in [6.45, 7) is 4.18. The third-order valence-corrected chi connectivity index (χ3v) is 4.61. The number of amides is 1. The Morgan fingerprint density at radius 1 is 1.35 bits per heavy atom. The van der Waals surface area contributed by atoms with Crippen LogP contribution in [0, 0.1) is 6.92 Å². The molecule has 2 fully saturated rings. The zero-order valence-corrected chi connectivity index (χ0v) is 11.9. The summed E-state index contributed by atoms with van der Waals surface area (Å²) in [7, 11) is 0. The van der Waals surface area contributed by atoms with Crippen molar-refractivity contribution in [3.05, 3.63) is 29.3 Å². The van der Waals surface area contributed by atoms with Crippen molar-refractivity contribution in [2.45, 2.75) is 44.7 Å². The smallest absolute Gasteiger partial charge is 0.251 e. The van der Waals surface area contributed by atoms with Crippen molar-refractivity contribution in [1.82, 2.24) is 10.2 Å². The van der Waals surface area contributed by atoms with E-state index in [4.69, 9.17) is 0 Å². The molecule has 0 aromatic heterocycles. The monoisotopic (exact) mass is 274 g/mol. The fraction of sp³-hybridized carbons (Fsp3) is 0.562. The summed E-state index contributed by atoms with van der Waals surface area (Å²) in [5, 5.41) is 12.6. The molecule has 2 aliphatic rings. The van der Waals surface area contributed by atoms with Gasteiger partial charge in [-0.3, -0.25) is 4.79 Å². The van der Waals surface area contributed by atoms with E-state index in [1.54, 1.807) is 18.2 Å². The topological polar surface area (TPSA) is 52.6 Å². The molecule has 0 aliphatic carbocycles. The van der Waals surface area contributed by atoms with Gasteiger partial charge in [0, 0.05) is 24.2 Å². The minimum absolute atomic E-state index is 0.0149. The Bertz CT molecular complexity index is 515. The van der Waals surface area contributed by atoms with Gasteiger partial charge in [-0.1, -0.05) is 0 Å². The maximum Gasteiger partial charge on any atom is 0.251 e. The van der Waals surface area contributed by atoms with Crippen molar-refractivity contribution < 1.29 is 9.90 Å². The molecule has 1 aromatic rings. The Morgan fingerprint density at radius 2 is 2.20 bits per heavy atom. The van der Waals surface area contributed by atoms with Crippen LogP contribution in [-0.4, -0.2) is 41.1 Å². The van der Waals surface area contributed by atoms with E-state index >= 15 is 0 Å². The zero-order valence-electron chi connectivity index (χ0n) is 11.9. The molecule has 2 heterocycles. The number of carbonyl (C=O) groups is 1. The van der Waals surface area contributed by atoms with Gasteiger partial charge in [-0.05, 0) is 62.9 Å². The summed E-state index contributed by atoms with van der Waals surface area (Å²) in [5.41, 5.74) is 1.48. The van der Waals surface area contributed by atoms with Crippen LogP contribution in [0.2, 0.25) is 0 Å². The SMILES string of the molecule is Cc1cc(O)ccc1C(=O)NC1CCN2CCCC2C1. The molecular weight excluding hydrogens is 252 g/mol. The predicted octanol–water partition coefficient (Wildman–Crippen LogP) is 2.06. The molecule has 2 atom stereocenters. The maximum atomic E-state index is 12.3. The number of piperidine rings is 1. The van der Waals surface area contributed by atoms with E-state index in [-0.39, 0.29) is 17.7 Å². The first-order chi connectivity index (χ1) is 9.63. The van der Waals surface area contributed by atoms with Gasteiger partial charge in [-0.25, -0.2) is 0 Å². The normalized spacial score (nSPS) is 26.2. The Balaban J connectivity index is 1.64. The average molecular weight is 274 g/mol. The number of phenolic OH excluding ortho intramolecular Hbond substituents is 1. The number of nitrogens with one attached hydrogen (secondary N) is 1. The van der Waals surface area contributed by atoms with E-state index in [1.807, 2.05) is 6.92 Å². The van der Waals surface area contributed by atoms with Crippen molar-refractivity contribution in [3.8, 4) is 5.75 Å². The predicted molar refractivity (Wildman–Crippen MR) is 77.9 cm³/mol. The van der Waals surface area contributed by atoms with Crippen LogP contribution in [0.3, 0.4) is 0 Å². The van der Waals surface area contributed by atoms with E-state index in [9.17, 15) is 9.90 Å². The van der Waals surface area contributed by atoms with Gasteiger partial charge in [0.15, 0.2) is 0 Å². The summed E-state index contributed by atoms with van der Waals surface area (Å²) >= 11 is 0. The van der Waals surface area contributed by atoms with Gasteiger partial charge in [0.25, 0.3) is 5.91 Å². The molecule has 2 unspecified atom stereocenters. The Hall–Kier alpha value is -1.55. The number of hydrogen-bond donors (Lipinski definition) is 2. The van der Waals surface area contributed by atoms with Gasteiger partial charge < -0.3 is 15.3 Å². The van der Waals surface area contributed by atoms with Gasteiger partial charge >= 0.3 is 0 Å². The number of phenols is 1. The fourth-order valence-electron chi connectivity index (χ4n) is 3.52. The minimum atomic E-state index is -0.0149. The van der Waals surface area contributed by atoms with Crippen LogP contribution in [0.4, 0.5) is 0 Å². The zero-order chi connectivity index (χ0) is 14.1. The van der Waals surface area contributed by atoms with Gasteiger partial charge in [-0.2, -0.15) is 0 Å². The second-order valence-electron chi connectivity index (χ2n) is 6.03. The molecule has 2 saturated heterocycles. The molecular formula is C16H22N2O2. The first-order valence-corrected chi connectivity index (χ1v) is 7.48. The third-order valence-electron chi connectivity index (χ3n) is 4.61. The lowest BCUT2D eigenvalue weighted by molar-refractivity contribution is 0.0895. The lowest BCUT2D eigenvalue weighted by Crippen LogP contribution is -2.47. The van der Waals surface area contributed by atoms with E-state index in [0.717, 1.165) is 24.9 Å². The van der Waals surface area contributed by atoms with Crippen molar-refractivity contribution in [2.75, 3.05) is 13.1 Å². The second kappa shape index (κ2) is 5.44. The van der Waals surface area contributed by atoms with Crippen molar-refractivity contribution in [2.24, 2.45) is 0 Å². The van der Waals surface area contributed by atoms with Crippen molar-refractivity contribution in [3.63, 3.8) is 0 Å². The van der Waals surface area contributed by atoms with Crippen molar-refractivity contribution >= 4 is 5.91 Å². The molecule has 2 aliphatic heterocycles. The Morgan fingerprint density at radius 3 is 3.00 bits per heavy atom. The van der Waals surface area contributed by atoms with E-state index in [1.165, 1.54) is 19.4 Å². The molecule has 2 N–H and O–H groups in total. The summed E-state index contributed by atoms with van der Waals surface area (Å²) in [6, 6.07) is 5.85. The number of aryl methyl sites for hydroxylation is 1. The van der Waals surface area contributed by atoms with Crippen LogP contribution in [-0.2, 0) is 0 Å².